The molecule has 3 rings (SSSR count). The van der Waals surface area contributed by atoms with Gasteiger partial charge in [-0.25, -0.2) is 14.2 Å². The van der Waals surface area contributed by atoms with Gasteiger partial charge in [0, 0.05) is 10.1 Å². The molecule has 1 aromatic carbocycles. The van der Waals surface area contributed by atoms with Gasteiger partial charge in [-0.15, -0.1) is 11.3 Å². The molecule has 1 fully saturated rings. The lowest BCUT2D eigenvalue weighted by molar-refractivity contribution is -0.118. The SMILES string of the molecule is Cc1c(C(=O)NN2CC(=O)NC2=O)sc2cccc(F)c12. The van der Waals surface area contributed by atoms with E-state index in [0.717, 1.165) is 16.3 Å². The summed E-state index contributed by atoms with van der Waals surface area (Å²) in [6.45, 7) is 1.41. The third-order valence-electron chi connectivity index (χ3n) is 3.14. The fraction of sp³-hybridized carbons (Fsp3) is 0.154. The average Bonchev–Trinajstić information content (AvgIpc) is 2.91. The molecular formula is C13H10FN3O3S. The van der Waals surface area contributed by atoms with Gasteiger partial charge >= 0.3 is 6.03 Å². The number of benzene rings is 1. The predicted octanol–water partition coefficient (Wildman–Crippen LogP) is 1.55. The lowest BCUT2D eigenvalue weighted by Crippen LogP contribution is -2.44. The molecule has 0 aliphatic carbocycles. The number of aryl methyl sites for hydroxylation is 1. The Bertz CT molecular complexity index is 786. The van der Waals surface area contributed by atoms with Crippen molar-refractivity contribution in [2.75, 3.05) is 6.54 Å². The predicted molar refractivity (Wildman–Crippen MR) is 74.2 cm³/mol. The number of carbonyl (C=O) groups is 3. The summed E-state index contributed by atoms with van der Waals surface area (Å²) in [5.74, 6) is -1.42. The zero-order valence-corrected chi connectivity index (χ0v) is 11.7. The summed E-state index contributed by atoms with van der Waals surface area (Å²) < 4.78 is 14.5. The Balaban J connectivity index is 1.92. The van der Waals surface area contributed by atoms with E-state index in [1.54, 1.807) is 19.1 Å². The van der Waals surface area contributed by atoms with Crippen LogP contribution in [-0.4, -0.2) is 29.4 Å². The first-order valence-corrected chi connectivity index (χ1v) is 6.89. The minimum Gasteiger partial charge on any atom is -0.275 e. The minimum absolute atomic E-state index is 0.233. The zero-order chi connectivity index (χ0) is 15.1. The van der Waals surface area contributed by atoms with E-state index in [4.69, 9.17) is 0 Å². The van der Waals surface area contributed by atoms with Crippen LogP contribution in [0.3, 0.4) is 0 Å². The second-order valence-corrected chi connectivity index (χ2v) is 5.60. The highest BCUT2D eigenvalue weighted by molar-refractivity contribution is 7.21. The molecular weight excluding hydrogens is 297 g/mol. The van der Waals surface area contributed by atoms with Gasteiger partial charge < -0.3 is 0 Å². The van der Waals surface area contributed by atoms with E-state index in [-0.39, 0.29) is 6.54 Å². The van der Waals surface area contributed by atoms with Gasteiger partial charge in [-0.3, -0.25) is 20.3 Å². The number of nitrogens with zero attached hydrogens (tertiary/aromatic N) is 1. The van der Waals surface area contributed by atoms with Crippen molar-refractivity contribution < 1.29 is 18.8 Å². The highest BCUT2D eigenvalue weighted by atomic mass is 32.1. The Morgan fingerprint density at radius 3 is 2.81 bits per heavy atom. The molecule has 21 heavy (non-hydrogen) atoms. The maximum Gasteiger partial charge on any atom is 0.343 e. The number of urea groups is 1. The first kappa shape index (κ1) is 13.5. The van der Waals surface area contributed by atoms with Gasteiger partial charge in [0.1, 0.15) is 12.4 Å². The number of imide groups is 1. The topological polar surface area (TPSA) is 78.5 Å². The molecule has 0 radical (unpaired) electrons. The molecule has 1 aliphatic rings. The summed E-state index contributed by atoms with van der Waals surface area (Å²) in [4.78, 5) is 35.0. The van der Waals surface area contributed by atoms with Crippen LogP contribution in [0, 0.1) is 12.7 Å². The van der Waals surface area contributed by atoms with E-state index in [9.17, 15) is 18.8 Å². The molecule has 6 nitrogen and oxygen atoms in total. The van der Waals surface area contributed by atoms with Gasteiger partial charge in [0.05, 0.1) is 4.88 Å². The average molecular weight is 307 g/mol. The number of fused-ring (bicyclic) bond motifs is 1. The quantitative estimate of drug-likeness (QED) is 0.826. The van der Waals surface area contributed by atoms with Crippen molar-refractivity contribution in [3.8, 4) is 0 Å². The molecule has 0 spiro atoms. The van der Waals surface area contributed by atoms with E-state index >= 15 is 0 Å². The van der Waals surface area contributed by atoms with Crippen molar-refractivity contribution in [3.63, 3.8) is 0 Å². The number of hydrogen-bond acceptors (Lipinski definition) is 4. The largest absolute Gasteiger partial charge is 0.343 e. The maximum absolute atomic E-state index is 13.8. The number of hydrogen-bond donors (Lipinski definition) is 2. The third-order valence-corrected chi connectivity index (χ3v) is 4.39. The van der Waals surface area contributed by atoms with Crippen molar-refractivity contribution >= 4 is 39.3 Å². The monoisotopic (exact) mass is 307 g/mol. The molecule has 2 heterocycles. The summed E-state index contributed by atoms with van der Waals surface area (Å²) in [7, 11) is 0. The van der Waals surface area contributed by atoms with Crippen molar-refractivity contribution in [2.24, 2.45) is 0 Å². The second kappa shape index (κ2) is 4.81. The van der Waals surface area contributed by atoms with Crippen molar-refractivity contribution in [3.05, 3.63) is 34.5 Å². The lowest BCUT2D eigenvalue weighted by Gasteiger charge is -2.13. The Kier molecular flexibility index (Phi) is 3.09. The summed E-state index contributed by atoms with van der Waals surface area (Å²) in [6, 6.07) is 3.94. The van der Waals surface area contributed by atoms with Crippen LogP contribution in [0.15, 0.2) is 18.2 Å². The molecule has 1 aromatic heterocycles. The minimum atomic E-state index is -0.682. The normalized spacial score (nSPS) is 14.7. The van der Waals surface area contributed by atoms with Crippen LogP contribution in [0.1, 0.15) is 15.2 Å². The molecule has 0 atom stereocenters. The van der Waals surface area contributed by atoms with Crippen LogP contribution < -0.4 is 10.7 Å². The number of nitrogens with one attached hydrogen (secondary N) is 2. The van der Waals surface area contributed by atoms with E-state index in [1.807, 2.05) is 0 Å². The second-order valence-electron chi connectivity index (χ2n) is 4.55. The summed E-state index contributed by atoms with van der Waals surface area (Å²) in [6.07, 6.45) is 0. The van der Waals surface area contributed by atoms with Gasteiger partial charge in [-0.05, 0) is 24.6 Å². The lowest BCUT2D eigenvalue weighted by atomic mass is 10.1. The zero-order valence-electron chi connectivity index (χ0n) is 10.9. The maximum atomic E-state index is 13.8. The third kappa shape index (κ3) is 2.23. The van der Waals surface area contributed by atoms with Gasteiger partial charge in [0.25, 0.3) is 5.91 Å². The van der Waals surface area contributed by atoms with Crippen LogP contribution in [0.25, 0.3) is 10.1 Å². The number of thiophene rings is 1. The molecule has 108 valence electrons. The first-order valence-electron chi connectivity index (χ1n) is 6.07. The van der Waals surface area contributed by atoms with Crippen LogP contribution in [0.4, 0.5) is 9.18 Å². The summed E-state index contributed by atoms with van der Waals surface area (Å²) in [5, 5.41) is 3.34. The highest BCUT2D eigenvalue weighted by Gasteiger charge is 2.29. The van der Waals surface area contributed by atoms with Crippen LogP contribution in [0.2, 0.25) is 0 Å². The Morgan fingerprint density at radius 2 is 2.19 bits per heavy atom. The van der Waals surface area contributed by atoms with Gasteiger partial charge in [0.15, 0.2) is 0 Å². The Morgan fingerprint density at radius 1 is 1.43 bits per heavy atom. The number of rotatable bonds is 2. The van der Waals surface area contributed by atoms with Crippen molar-refractivity contribution in [1.82, 2.24) is 15.8 Å². The molecule has 2 N–H and O–H groups in total. The molecule has 2 aromatic rings. The Labute approximate surface area is 122 Å². The molecule has 1 aliphatic heterocycles. The molecule has 0 saturated carbocycles. The number of halogens is 1. The smallest absolute Gasteiger partial charge is 0.275 e. The first-order chi connectivity index (χ1) is 9.97. The van der Waals surface area contributed by atoms with E-state index in [2.05, 4.69) is 10.7 Å². The Hall–Kier alpha value is -2.48. The van der Waals surface area contributed by atoms with Gasteiger partial charge in [-0.2, -0.15) is 0 Å². The molecule has 1 saturated heterocycles. The standard InChI is InChI=1S/C13H10FN3O3S/c1-6-10-7(14)3-2-4-8(10)21-11(6)12(19)16-17-5-9(18)15-13(17)20/h2-4H,5H2,1H3,(H,16,19)(H,15,18,20). The fourth-order valence-corrected chi connectivity index (χ4v) is 3.29. The molecule has 4 amide bonds. The van der Waals surface area contributed by atoms with Crippen LogP contribution >= 0.6 is 11.3 Å². The molecule has 0 unspecified atom stereocenters. The molecule has 0 bridgehead atoms. The van der Waals surface area contributed by atoms with Gasteiger partial charge in [0.2, 0.25) is 5.91 Å². The highest BCUT2D eigenvalue weighted by Crippen LogP contribution is 2.32. The number of amides is 4. The van der Waals surface area contributed by atoms with E-state index in [1.165, 1.54) is 6.07 Å². The van der Waals surface area contributed by atoms with E-state index in [0.29, 0.717) is 20.5 Å². The summed E-state index contributed by atoms with van der Waals surface area (Å²) >= 11 is 1.14. The van der Waals surface area contributed by atoms with E-state index < -0.39 is 23.7 Å². The number of hydrazine groups is 1. The van der Waals surface area contributed by atoms with Crippen LogP contribution in [0.5, 0.6) is 0 Å². The molecule has 8 heteroatoms. The van der Waals surface area contributed by atoms with Crippen molar-refractivity contribution in [2.45, 2.75) is 6.92 Å². The number of carbonyl (C=O) groups excluding carboxylic acids is 3. The fourth-order valence-electron chi connectivity index (χ4n) is 2.18. The van der Waals surface area contributed by atoms with Crippen LogP contribution in [-0.2, 0) is 4.79 Å². The van der Waals surface area contributed by atoms with Gasteiger partial charge in [-0.1, -0.05) is 6.07 Å². The summed E-state index contributed by atoms with van der Waals surface area (Å²) in [5.41, 5.74) is 2.86. The van der Waals surface area contributed by atoms with Crippen molar-refractivity contribution in [1.29, 1.82) is 0 Å².